The maximum atomic E-state index is 10.3. The minimum absolute atomic E-state index is 0.705. The van der Waals surface area contributed by atoms with Crippen molar-refractivity contribution in [3.8, 4) is 5.75 Å². The Kier molecular flexibility index (Phi) is 3.20. The van der Waals surface area contributed by atoms with Gasteiger partial charge in [0, 0.05) is 11.1 Å². The highest BCUT2D eigenvalue weighted by Gasteiger charge is 2.19. The number of furan rings is 1. The fourth-order valence-electron chi connectivity index (χ4n) is 2.06. The molecule has 3 heteroatoms. The summed E-state index contributed by atoms with van der Waals surface area (Å²) < 4.78 is 10.3. The lowest BCUT2D eigenvalue weighted by Crippen LogP contribution is -2.04. The van der Waals surface area contributed by atoms with Crippen LogP contribution in [0.5, 0.6) is 5.75 Å². The third-order valence-corrected chi connectivity index (χ3v) is 2.85. The number of aliphatic hydroxyl groups excluding tert-OH is 1. The number of rotatable bonds is 3. The van der Waals surface area contributed by atoms with Crippen molar-refractivity contribution in [1.82, 2.24) is 0 Å². The molecule has 0 radical (unpaired) electrons. The van der Waals surface area contributed by atoms with Gasteiger partial charge in [0.05, 0.1) is 19.6 Å². The Labute approximate surface area is 101 Å². The SMILES string of the molecule is COc1cc(C)cc(C)c1C(O)c1ccoc1. The van der Waals surface area contributed by atoms with Crippen LogP contribution in [0.3, 0.4) is 0 Å². The largest absolute Gasteiger partial charge is 0.496 e. The molecule has 0 saturated carbocycles. The molecule has 3 nitrogen and oxygen atoms in total. The van der Waals surface area contributed by atoms with Gasteiger partial charge in [-0.3, -0.25) is 0 Å². The molecule has 2 rings (SSSR count). The van der Waals surface area contributed by atoms with E-state index in [4.69, 9.17) is 9.15 Å². The zero-order valence-corrected chi connectivity index (χ0v) is 10.2. The highest BCUT2D eigenvalue weighted by Crippen LogP contribution is 2.33. The molecule has 1 atom stereocenters. The van der Waals surface area contributed by atoms with Crippen LogP contribution >= 0.6 is 0 Å². The molecule has 1 heterocycles. The molecule has 1 aromatic heterocycles. The fraction of sp³-hybridized carbons (Fsp3) is 0.286. The average Bonchev–Trinajstić information content (AvgIpc) is 2.80. The molecule has 0 amide bonds. The van der Waals surface area contributed by atoms with Crippen LogP contribution in [0.25, 0.3) is 0 Å². The van der Waals surface area contributed by atoms with Crippen LogP contribution in [0.15, 0.2) is 35.1 Å². The number of aliphatic hydroxyl groups is 1. The van der Waals surface area contributed by atoms with Crippen molar-refractivity contribution in [2.24, 2.45) is 0 Å². The van der Waals surface area contributed by atoms with E-state index < -0.39 is 6.10 Å². The molecule has 0 aliphatic rings. The predicted octanol–water partition coefficient (Wildman–Crippen LogP) is 2.99. The highest BCUT2D eigenvalue weighted by atomic mass is 16.5. The van der Waals surface area contributed by atoms with E-state index in [-0.39, 0.29) is 0 Å². The van der Waals surface area contributed by atoms with Gasteiger partial charge < -0.3 is 14.3 Å². The second-order valence-corrected chi connectivity index (χ2v) is 4.16. The van der Waals surface area contributed by atoms with Crippen molar-refractivity contribution in [1.29, 1.82) is 0 Å². The molecular weight excluding hydrogens is 216 g/mol. The molecule has 17 heavy (non-hydrogen) atoms. The van der Waals surface area contributed by atoms with E-state index >= 15 is 0 Å². The molecule has 0 aliphatic heterocycles. The number of hydrogen-bond donors (Lipinski definition) is 1. The Balaban J connectivity index is 2.51. The average molecular weight is 232 g/mol. The van der Waals surface area contributed by atoms with Crippen LogP contribution in [0.1, 0.15) is 28.4 Å². The summed E-state index contributed by atoms with van der Waals surface area (Å²) in [4.78, 5) is 0. The molecule has 90 valence electrons. The van der Waals surface area contributed by atoms with Gasteiger partial charge in [0.1, 0.15) is 11.9 Å². The lowest BCUT2D eigenvalue weighted by Gasteiger charge is -2.17. The van der Waals surface area contributed by atoms with Crippen LogP contribution in [0, 0.1) is 13.8 Å². The van der Waals surface area contributed by atoms with E-state index in [0.717, 1.165) is 22.3 Å². The Bertz CT molecular complexity index is 500. The molecular formula is C14H16O3. The van der Waals surface area contributed by atoms with Crippen molar-refractivity contribution < 1.29 is 14.3 Å². The van der Waals surface area contributed by atoms with Crippen molar-refractivity contribution in [2.75, 3.05) is 7.11 Å². The third kappa shape index (κ3) is 2.19. The molecule has 0 saturated heterocycles. The number of hydrogen-bond acceptors (Lipinski definition) is 3. The minimum atomic E-state index is -0.718. The molecule has 0 bridgehead atoms. The van der Waals surface area contributed by atoms with Gasteiger partial charge in [-0.25, -0.2) is 0 Å². The summed E-state index contributed by atoms with van der Waals surface area (Å²) >= 11 is 0. The van der Waals surface area contributed by atoms with Gasteiger partial charge in [-0.15, -0.1) is 0 Å². The molecule has 0 spiro atoms. The van der Waals surface area contributed by atoms with E-state index in [9.17, 15) is 5.11 Å². The summed E-state index contributed by atoms with van der Waals surface area (Å²) in [5, 5.41) is 10.3. The van der Waals surface area contributed by atoms with E-state index in [1.807, 2.05) is 26.0 Å². The van der Waals surface area contributed by atoms with Crippen LogP contribution in [0.4, 0.5) is 0 Å². The summed E-state index contributed by atoms with van der Waals surface area (Å²) in [7, 11) is 1.61. The van der Waals surface area contributed by atoms with Gasteiger partial charge in [-0.1, -0.05) is 6.07 Å². The Morgan fingerprint density at radius 1 is 1.29 bits per heavy atom. The number of ether oxygens (including phenoxy) is 1. The first kappa shape index (κ1) is 11.7. The predicted molar refractivity (Wildman–Crippen MR) is 65.2 cm³/mol. The molecule has 1 unspecified atom stereocenters. The van der Waals surface area contributed by atoms with Crippen LogP contribution in [-0.2, 0) is 0 Å². The molecule has 0 aliphatic carbocycles. The first-order valence-corrected chi connectivity index (χ1v) is 5.48. The summed E-state index contributed by atoms with van der Waals surface area (Å²) in [6, 6.07) is 5.70. The zero-order valence-electron chi connectivity index (χ0n) is 10.2. The van der Waals surface area contributed by atoms with E-state index in [0.29, 0.717) is 5.75 Å². The van der Waals surface area contributed by atoms with E-state index in [2.05, 4.69) is 0 Å². The Morgan fingerprint density at radius 2 is 2.06 bits per heavy atom. The van der Waals surface area contributed by atoms with E-state index in [1.165, 1.54) is 0 Å². The minimum Gasteiger partial charge on any atom is -0.496 e. The monoisotopic (exact) mass is 232 g/mol. The lowest BCUT2D eigenvalue weighted by atomic mass is 9.96. The van der Waals surface area contributed by atoms with Gasteiger partial charge in [-0.2, -0.15) is 0 Å². The quantitative estimate of drug-likeness (QED) is 0.884. The molecule has 1 aromatic carbocycles. The van der Waals surface area contributed by atoms with Gasteiger partial charge in [-0.05, 0) is 37.1 Å². The Morgan fingerprint density at radius 3 is 2.65 bits per heavy atom. The second-order valence-electron chi connectivity index (χ2n) is 4.16. The summed E-state index contributed by atoms with van der Waals surface area (Å²) in [6.07, 6.45) is 2.38. The third-order valence-electron chi connectivity index (χ3n) is 2.85. The van der Waals surface area contributed by atoms with Crippen LogP contribution in [0.2, 0.25) is 0 Å². The Hall–Kier alpha value is -1.74. The van der Waals surface area contributed by atoms with Crippen molar-refractivity contribution in [2.45, 2.75) is 20.0 Å². The number of aryl methyl sites for hydroxylation is 2. The van der Waals surface area contributed by atoms with Crippen molar-refractivity contribution >= 4 is 0 Å². The molecule has 2 aromatic rings. The zero-order chi connectivity index (χ0) is 12.4. The van der Waals surface area contributed by atoms with Gasteiger partial charge in [0.25, 0.3) is 0 Å². The van der Waals surface area contributed by atoms with Crippen LogP contribution in [-0.4, -0.2) is 12.2 Å². The summed E-state index contributed by atoms with van der Waals surface area (Å²) in [6.45, 7) is 3.97. The van der Waals surface area contributed by atoms with Crippen molar-refractivity contribution in [3.05, 3.63) is 53.0 Å². The number of methoxy groups -OCH3 is 1. The van der Waals surface area contributed by atoms with Gasteiger partial charge in [0.15, 0.2) is 0 Å². The first-order valence-electron chi connectivity index (χ1n) is 5.48. The van der Waals surface area contributed by atoms with Crippen LogP contribution < -0.4 is 4.74 Å². The smallest absolute Gasteiger partial charge is 0.125 e. The van der Waals surface area contributed by atoms with E-state index in [1.54, 1.807) is 25.7 Å². The second kappa shape index (κ2) is 4.63. The topological polar surface area (TPSA) is 42.6 Å². The van der Waals surface area contributed by atoms with Gasteiger partial charge >= 0.3 is 0 Å². The maximum Gasteiger partial charge on any atom is 0.125 e. The summed E-state index contributed by atoms with van der Waals surface area (Å²) in [5.74, 6) is 0.705. The summed E-state index contributed by atoms with van der Waals surface area (Å²) in [5.41, 5.74) is 3.65. The standard InChI is InChI=1S/C14H16O3/c1-9-6-10(2)13(12(7-9)16-3)14(15)11-4-5-17-8-11/h4-8,14-15H,1-3H3. The fourth-order valence-corrected chi connectivity index (χ4v) is 2.06. The normalized spacial score (nSPS) is 12.5. The molecule has 0 fully saturated rings. The molecule has 1 N–H and O–H groups in total. The first-order chi connectivity index (χ1) is 8.13. The lowest BCUT2D eigenvalue weighted by molar-refractivity contribution is 0.213. The highest BCUT2D eigenvalue weighted by molar-refractivity contribution is 5.47. The van der Waals surface area contributed by atoms with Crippen molar-refractivity contribution in [3.63, 3.8) is 0 Å². The maximum absolute atomic E-state index is 10.3. The van der Waals surface area contributed by atoms with Gasteiger partial charge in [0.2, 0.25) is 0 Å². The number of benzene rings is 1.